The van der Waals surface area contributed by atoms with Crippen LogP contribution in [-0.2, 0) is 5.41 Å². The van der Waals surface area contributed by atoms with Gasteiger partial charge in [0.1, 0.15) is 5.76 Å². The van der Waals surface area contributed by atoms with E-state index in [0.717, 1.165) is 42.5 Å². The number of thiocarbonyl (C=S) groups is 1. The highest BCUT2D eigenvalue weighted by molar-refractivity contribution is 7.80. The minimum atomic E-state index is -0.441. The molecule has 0 radical (unpaired) electrons. The number of carbonyl (C=O) groups excluding carboxylic acids is 1. The van der Waals surface area contributed by atoms with Crippen molar-refractivity contribution in [2.75, 3.05) is 5.32 Å². The van der Waals surface area contributed by atoms with Crippen LogP contribution in [0.4, 0.5) is 5.69 Å². The second-order valence-electron chi connectivity index (χ2n) is 7.56. The number of hydrogen-bond acceptors (Lipinski definition) is 4. The van der Waals surface area contributed by atoms with E-state index in [1.807, 2.05) is 36.4 Å². The molecular weight excluding hydrogens is 430 g/mol. The lowest BCUT2D eigenvalue weighted by Gasteiger charge is -2.21. The molecule has 1 aromatic heterocycles. The summed E-state index contributed by atoms with van der Waals surface area (Å²) in [6, 6.07) is 20.6. The second kappa shape index (κ2) is 8.93. The van der Waals surface area contributed by atoms with Crippen molar-refractivity contribution in [3.05, 3.63) is 77.0 Å². The normalized spacial score (nSPS) is 14.6. The maximum Gasteiger partial charge on any atom is 0.293 e. The second-order valence-corrected chi connectivity index (χ2v) is 8.40. The maximum absolute atomic E-state index is 12.5. The Hall–Kier alpha value is -3.14. The predicted molar refractivity (Wildman–Crippen MR) is 125 cm³/mol. The standard InChI is InChI=1S/C24H20ClN3O2S/c25-18-7-3-16(4-8-18)20-11-12-21(30-20)22(29)28-23(31)27-19-9-5-17(6-10-19)24(15-26)13-1-2-14-24/h3-12H,1-2,13-14H2,(H2,27,28,29,31). The molecule has 0 spiro atoms. The minimum absolute atomic E-state index is 0.154. The molecular formula is C24H20ClN3O2S. The van der Waals surface area contributed by atoms with Crippen molar-refractivity contribution in [2.45, 2.75) is 31.1 Å². The molecule has 2 N–H and O–H groups in total. The topological polar surface area (TPSA) is 78.1 Å². The average molecular weight is 450 g/mol. The number of nitriles is 1. The Kier molecular flexibility index (Phi) is 6.08. The first-order chi connectivity index (χ1) is 15.0. The van der Waals surface area contributed by atoms with Gasteiger partial charge in [-0.25, -0.2) is 0 Å². The zero-order chi connectivity index (χ0) is 21.8. The van der Waals surface area contributed by atoms with Crippen molar-refractivity contribution in [3.8, 4) is 17.4 Å². The van der Waals surface area contributed by atoms with E-state index in [0.29, 0.717) is 10.8 Å². The van der Waals surface area contributed by atoms with Crippen molar-refractivity contribution in [3.63, 3.8) is 0 Å². The van der Waals surface area contributed by atoms with Crippen LogP contribution in [0.3, 0.4) is 0 Å². The van der Waals surface area contributed by atoms with Gasteiger partial charge in [0.05, 0.1) is 11.5 Å². The van der Waals surface area contributed by atoms with E-state index in [1.54, 1.807) is 24.3 Å². The summed E-state index contributed by atoms with van der Waals surface area (Å²) in [5.74, 6) is 0.278. The molecule has 7 heteroatoms. The van der Waals surface area contributed by atoms with Gasteiger partial charge < -0.3 is 9.73 Å². The van der Waals surface area contributed by atoms with Gasteiger partial charge >= 0.3 is 0 Å². The van der Waals surface area contributed by atoms with Gasteiger partial charge in [-0.2, -0.15) is 5.26 Å². The number of nitrogens with zero attached hydrogens (tertiary/aromatic N) is 1. The molecule has 0 atom stereocenters. The molecule has 1 fully saturated rings. The van der Waals surface area contributed by atoms with Crippen molar-refractivity contribution in [1.82, 2.24) is 5.32 Å². The third kappa shape index (κ3) is 4.63. The molecule has 1 aliphatic carbocycles. The van der Waals surface area contributed by atoms with E-state index >= 15 is 0 Å². The molecule has 0 aliphatic heterocycles. The Morgan fingerprint density at radius 1 is 1.03 bits per heavy atom. The lowest BCUT2D eigenvalue weighted by Crippen LogP contribution is -2.33. The minimum Gasteiger partial charge on any atom is -0.451 e. The fraction of sp³-hybridized carbons (Fsp3) is 0.208. The van der Waals surface area contributed by atoms with Gasteiger partial charge in [0, 0.05) is 16.3 Å². The SMILES string of the molecule is N#CC1(c2ccc(NC(=S)NC(=O)c3ccc(-c4ccc(Cl)cc4)o3)cc2)CCCC1. The summed E-state index contributed by atoms with van der Waals surface area (Å²) < 4.78 is 5.65. The molecule has 156 valence electrons. The molecule has 1 aliphatic rings. The predicted octanol–water partition coefficient (Wildman–Crippen LogP) is 6.06. The first-order valence-corrected chi connectivity index (χ1v) is 10.8. The summed E-state index contributed by atoms with van der Waals surface area (Å²) >= 11 is 11.2. The van der Waals surface area contributed by atoms with E-state index in [1.165, 1.54) is 0 Å². The summed E-state index contributed by atoms with van der Waals surface area (Å²) in [6.45, 7) is 0. The van der Waals surface area contributed by atoms with Crippen LogP contribution in [0.25, 0.3) is 11.3 Å². The maximum atomic E-state index is 12.5. The molecule has 1 saturated carbocycles. The van der Waals surface area contributed by atoms with E-state index in [9.17, 15) is 10.1 Å². The molecule has 5 nitrogen and oxygen atoms in total. The van der Waals surface area contributed by atoms with Gasteiger partial charge in [-0.1, -0.05) is 36.6 Å². The quantitative estimate of drug-likeness (QED) is 0.473. The van der Waals surface area contributed by atoms with Crippen LogP contribution in [0, 0.1) is 11.3 Å². The largest absolute Gasteiger partial charge is 0.451 e. The smallest absolute Gasteiger partial charge is 0.293 e. The number of benzene rings is 2. The number of furan rings is 1. The monoisotopic (exact) mass is 449 g/mol. The highest BCUT2D eigenvalue weighted by Crippen LogP contribution is 2.40. The molecule has 1 heterocycles. The van der Waals surface area contributed by atoms with Crippen molar-refractivity contribution < 1.29 is 9.21 Å². The number of anilines is 1. The number of carbonyl (C=O) groups is 1. The Balaban J connectivity index is 1.37. The highest BCUT2D eigenvalue weighted by Gasteiger charge is 2.35. The summed E-state index contributed by atoms with van der Waals surface area (Å²) in [7, 11) is 0. The molecule has 2 aromatic carbocycles. The van der Waals surface area contributed by atoms with Crippen LogP contribution in [0.2, 0.25) is 5.02 Å². The Morgan fingerprint density at radius 2 is 1.71 bits per heavy atom. The van der Waals surface area contributed by atoms with Gasteiger partial charge in [0.25, 0.3) is 5.91 Å². The fourth-order valence-corrected chi connectivity index (χ4v) is 4.21. The van der Waals surface area contributed by atoms with Crippen LogP contribution in [0.5, 0.6) is 0 Å². The molecule has 4 rings (SSSR count). The molecule has 0 unspecified atom stereocenters. The zero-order valence-corrected chi connectivity index (χ0v) is 18.2. The van der Waals surface area contributed by atoms with Gasteiger partial charge in [-0.15, -0.1) is 0 Å². The number of hydrogen-bond donors (Lipinski definition) is 2. The summed E-state index contributed by atoms with van der Waals surface area (Å²) in [4.78, 5) is 12.5. The lowest BCUT2D eigenvalue weighted by molar-refractivity contribution is 0.0951. The van der Waals surface area contributed by atoms with Crippen LogP contribution in [0.15, 0.2) is 65.1 Å². The number of amides is 1. The molecule has 1 amide bonds. The molecule has 31 heavy (non-hydrogen) atoms. The first kappa shape index (κ1) is 21.1. The summed E-state index contributed by atoms with van der Waals surface area (Å²) in [5.41, 5.74) is 2.20. The van der Waals surface area contributed by atoms with E-state index in [2.05, 4.69) is 16.7 Å². The fourth-order valence-electron chi connectivity index (χ4n) is 3.87. The van der Waals surface area contributed by atoms with Gasteiger partial charge in [-0.3, -0.25) is 10.1 Å². The van der Waals surface area contributed by atoms with Gasteiger partial charge in [0.2, 0.25) is 0 Å². The van der Waals surface area contributed by atoms with Crippen molar-refractivity contribution >= 4 is 40.5 Å². The molecule has 0 saturated heterocycles. The lowest BCUT2D eigenvalue weighted by atomic mass is 9.80. The van der Waals surface area contributed by atoms with E-state index in [-0.39, 0.29) is 16.3 Å². The van der Waals surface area contributed by atoms with Gasteiger partial charge in [-0.05, 0) is 79.2 Å². The Labute approximate surface area is 191 Å². The molecule has 3 aromatic rings. The average Bonchev–Trinajstić information content (AvgIpc) is 3.45. The number of halogens is 1. The summed E-state index contributed by atoms with van der Waals surface area (Å²) in [5, 5.41) is 16.0. The van der Waals surface area contributed by atoms with Crippen molar-refractivity contribution in [2.24, 2.45) is 0 Å². The van der Waals surface area contributed by atoms with Crippen LogP contribution >= 0.6 is 23.8 Å². The van der Waals surface area contributed by atoms with E-state index < -0.39 is 5.91 Å². The number of nitrogens with one attached hydrogen (secondary N) is 2. The van der Waals surface area contributed by atoms with Crippen LogP contribution in [-0.4, -0.2) is 11.0 Å². The highest BCUT2D eigenvalue weighted by atomic mass is 35.5. The Morgan fingerprint density at radius 3 is 2.35 bits per heavy atom. The third-order valence-corrected chi connectivity index (χ3v) is 6.01. The molecule has 0 bridgehead atoms. The third-order valence-electron chi connectivity index (χ3n) is 5.55. The first-order valence-electron chi connectivity index (χ1n) is 9.99. The van der Waals surface area contributed by atoms with Gasteiger partial charge in [0.15, 0.2) is 10.9 Å². The summed E-state index contributed by atoms with van der Waals surface area (Å²) in [6.07, 6.45) is 3.95. The zero-order valence-electron chi connectivity index (χ0n) is 16.7. The van der Waals surface area contributed by atoms with E-state index in [4.69, 9.17) is 28.2 Å². The Bertz CT molecular complexity index is 1140. The van der Waals surface area contributed by atoms with Crippen molar-refractivity contribution in [1.29, 1.82) is 5.26 Å². The van der Waals surface area contributed by atoms with Crippen LogP contribution < -0.4 is 10.6 Å². The van der Waals surface area contributed by atoms with Crippen LogP contribution in [0.1, 0.15) is 41.8 Å². The number of rotatable bonds is 4.